The van der Waals surface area contributed by atoms with Crippen molar-refractivity contribution in [3.8, 4) is 5.69 Å². The Kier molecular flexibility index (Phi) is 5.20. The van der Waals surface area contributed by atoms with Gasteiger partial charge in [0.25, 0.3) is 11.5 Å². The number of hydrogen-bond acceptors (Lipinski definition) is 4. The number of halogens is 1. The van der Waals surface area contributed by atoms with Gasteiger partial charge in [-0.25, -0.2) is 13.9 Å². The summed E-state index contributed by atoms with van der Waals surface area (Å²) in [5.41, 5.74) is 2.75. The lowest BCUT2D eigenvalue weighted by molar-refractivity contribution is 0.0939. The predicted octanol–water partition coefficient (Wildman–Crippen LogP) is 4.28. The predicted molar refractivity (Wildman–Crippen MR) is 128 cm³/mol. The molecule has 0 radical (unpaired) electrons. The number of carbonyl (C=O) groups is 1. The Labute approximate surface area is 194 Å². The molecule has 1 amide bonds. The van der Waals surface area contributed by atoms with Crippen LogP contribution in [0.15, 0.2) is 71.8 Å². The van der Waals surface area contributed by atoms with Crippen LogP contribution in [0.2, 0.25) is 0 Å². The first-order valence-electron chi connectivity index (χ1n) is 10.9. The lowest BCUT2D eigenvalue weighted by Crippen LogP contribution is -2.33. The Bertz CT molecular complexity index is 1620. The number of amides is 1. The Hall–Kier alpha value is -4.33. The second kappa shape index (κ2) is 8.22. The molecule has 0 bridgehead atoms. The van der Waals surface area contributed by atoms with E-state index in [1.54, 1.807) is 61.1 Å². The fourth-order valence-corrected chi connectivity index (χ4v) is 4.53. The van der Waals surface area contributed by atoms with Crippen molar-refractivity contribution in [2.24, 2.45) is 0 Å². The van der Waals surface area contributed by atoms with Crippen LogP contribution in [0.4, 0.5) is 4.39 Å². The van der Waals surface area contributed by atoms with Crippen LogP contribution >= 0.6 is 0 Å². The molecule has 0 aliphatic heterocycles. The first-order chi connectivity index (χ1) is 16.4. The maximum absolute atomic E-state index is 14.7. The van der Waals surface area contributed by atoms with Crippen LogP contribution < -0.4 is 10.9 Å². The van der Waals surface area contributed by atoms with E-state index in [9.17, 15) is 14.0 Å². The van der Waals surface area contributed by atoms with E-state index in [1.165, 1.54) is 10.6 Å². The summed E-state index contributed by atoms with van der Waals surface area (Å²) in [6.45, 7) is 5.39. The average molecular weight is 455 g/mol. The Balaban J connectivity index is 1.68. The molecule has 5 rings (SSSR count). The van der Waals surface area contributed by atoms with Gasteiger partial charge < -0.3 is 5.32 Å². The highest BCUT2D eigenvalue weighted by Gasteiger charge is 2.25. The molecule has 0 aliphatic carbocycles. The number of nitrogens with zero attached hydrogens (tertiary/aromatic N) is 4. The zero-order valence-electron chi connectivity index (χ0n) is 18.9. The van der Waals surface area contributed by atoms with Crippen molar-refractivity contribution in [1.82, 2.24) is 24.5 Å². The molecule has 0 fully saturated rings. The molecule has 5 aromatic rings. The molecule has 1 atom stereocenters. The minimum absolute atomic E-state index is 0.0220. The van der Waals surface area contributed by atoms with Crippen LogP contribution in [0.25, 0.3) is 22.1 Å². The van der Waals surface area contributed by atoms with E-state index in [0.29, 0.717) is 39.2 Å². The fraction of sp³-hybridized carbons (Fsp3) is 0.154. The molecule has 34 heavy (non-hydrogen) atoms. The van der Waals surface area contributed by atoms with Crippen LogP contribution in [0, 0.1) is 19.7 Å². The quantitative estimate of drug-likeness (QED) is 0.439. The highest BCUT2D eigenvalue weighted by Crippen LogP contribution is 2.28. The van der Waals surface area contributed by atoms with Crippen molar-refractivity contribution < 1.29 is 9.18 Å². The number of aryl methyl sites for hydroxylation is 2. The summed E-state index contributed by atoms with van der Waals surface area (Å²) in [6, 6.07) is 14.8. The van der Waals surface area contributed by atoms with E-state index in [1.807, 2.05) is 25.1 Å². The average Bonchev–Trinajstić information content (AvgIpc) is 3.17. The third-order valence-corrected chi connectivity index (χ3v) is 6.03. The summed E-state index contributed by atoms with van der Waals surface area (Å²) < 4.78 is 17.8. The molecule has 0 spiro atoms. The number of fused-ring (bicyclic) bond motifs is 2. The van der Waals surface area contributed by atoms with E-state index in [0.717, 1.165) is 0 Å². The molecule has 0 unspecified atom stereocenters. The molecule has 8 heteroatoms. The number of hydrogen-bond donors (Lipinski definition) is 1. The van der Waals surface area contributed by atoms with E-state index < -0.39 is 17.4 Å². The summed E-state index contributed by atoms with van der Waals surface area (Å²) in [5, 5.41) is 7.90. The second-order valence-electron chi connectivity index (χ2n) is 8.19. The van der Waals surface area contributed by atoms with Crippen LogP contribution in [0.5, 0.6) is 0 Å². The Morgan fingerprint density at radius 2 is 1.82 bits per heavy atom. The lowest BCUT2D eigenvalue weighted by atomic mass is 10.00. The number of carbonyl (C=O) groups excluding carboxylic acids is 1. The van der Waals surface area contributed by atoms with Crippen molar-refractivity contribution in [2.45, 2.75) is 26.8 Å². The second-order valence-corrected chi connectivity index (χ2v) is 8.19. The third kappa shape index (κ3) is 3.35. The molecule has 0 aliphatic rings. The molecule has 0 saturated heterocycles. The molecule has 3 heterocycles. The van der Waals surface area contributed by atoms with Crippen molar-refractivity contribution in [3.05, 3.63) is 106 Å². The number of benzene rings is 2. The molecular formula is C26H22FN5O2. The number of pyridine rings is 1. The van der Waals surface area contributed by atoms with Gasteiger partial charge in [0.1, 0.15) is 11.4 Å². The van der Waals surface area contributed by atoms with Gasteiger partial charge in [-0.15, -0.1) is 0 Å². The summed E-state index contributed by atoms with van der Waals surface area (Å²) in [7, 11) is 0. The summed E-state index contributed by atoms with van der Waals surface area (Å²) in [6.07, 6.45) is 3.33. The molecule has 1 N–H and O–H groups in total. The molecule has 170 valence electrons. The zero-order chi connectivity index (χ0) is 24.0. The topological polar surface area (TPSA) is 81.3 Å². The monoisotopic (exact) mass is 455 g/mol. The number of para-hydroxylation sites is 1. The smallest absolute Gasteiger partial charge is 0.266 e. The van der Waals surface area contributed by atoms with Gasteiger partial charge in [0.05, 0.1) is 22.8 Å². The molecule has 3 aromatic heterocycles. The molecule has 7 nitrogen and oxygen atoms in total. The van der Waals surface area contributed by atoms with Crippen LogP contribution in [-0.2, 0) is 0 Å². The molecular weight excluding hydrogens is 433 g/mol. The molecule has 2 aromatic carbocycles. The van der Waals surface area contributed by atoms with Crippen molar-refractivity contribution in [1.29, 1.82) is 0 Å². The summed E-state index contributed by atoms with van der Waals surface area (Å²) in [5.74, 6) is -0.934. The first kappa shape index (κ1) is 21.5. The van der Waals surface area contributed by atoms with Gasteiger partial charge in [-0.2, -0.15) is 5.10 Å². The van der Waals surface area contributed by atoms with Gasteiger partial charge >= 0.3 is 0 Å². The third-order valence-electron chi connectivity index (χ3n) is 6.03. The Morgan fingerprint density at radius 1 is 1.06 bits per heavy atom. The SMILES string of the molecule is Cc1nn2cccnc2c1C(=O)N[C@@H](C)c1c(C)c2cccc(F)c2c(=O)n1-c1ccccc1. The standard InChI is InChI=1S/C26H22FN5O2/c1-15-19-11-7-12-20(27)22(19)26(34)32(18-9-5-4-6-10-18)23(15)17(3)29-25(33)21-16(2)30-31-14-8-13-28-24(21)31/h4-14,17H,1-3H3,(H,29,33)/t17-/m0/s1. The van der Waals surface area contributed by atoms with E-state index in [-0.39, 0.29) is 11.3 Å². The van der Waals surface area contributed by atoms with Gasteiger partial charge in [-0.05, 0) is 56.0 Å². The summed E-state index contributed by atoms with van der Waals surface area (Å²) >= 11 is 0. The van der Waals surface area contributed by atoms with Crippen molar-refractivity contribution >= 4 is 22.3 Å². The van der Waals surface area contributed by atoms with Gasteiger partial charge in [-0.1, -0.05) is 30.3 Å². The highest BCUT2D eigenvalue weighted by molar-refractivity contribution is 6.01. The summed E-state index contributed by atoms with van der Waals surface area (Å²) in [4.78, 5) is 31.2. The fourth-order valence-electron chi connectivity index (χ4n) is 4.53. The van der Waals surface area contributed by atoms with Crippen molar-refractivity contribution in [2.75, 3.05) is 0 Å². The largest absolute Gasteiger partial charge is 0.344 e. The van der Waals surface area contributed by atoms with Gasteiger partial charge in [0.15, 0.2) is 5.65 Å². The van der Waals surface area contributed by atoms with E-state index >= 15 is 0 Å². The van der Waals surface area contributed by atoms with Crippen LogP contribution in [-0.4, -0.2) is 25.1 Å². The van der Waals surface area contributed by atoms with E-state index in [4.69, 9.17) is 0 Å². The lowest BCUT2D eigenvalue weighted by Gasteiger charge is -2.23. The normalized spacial score (nSPS) is 12.2. The number of nitrogens with one attached hydrogen (secondary N) is 1. The van der Waals surface area contributed by atoms with Crippen molar-refractivity contribution in [3.63, 3.8) is 0 Å². The number of aromatic nitrogens is 4. The van der Waals surface area contributed by atoms with Gasteiger partial charge in [-0.3, -0.25) is 14.2 Å². The Morgan fingerprint density at radius 3 is 2.59 bits per heavy atom. The zero-order valence-corrected chi connectivity index (χ0v) is 18.9. The maximum atomic E-state index is 14.7. The minimum Gasteiger partial charge on any atom is -0.344 e. The highest BCUT2D eigenvalue weighted by atomic mass is 19.1. The number of rotatable bonds is 4. The maximum Gasteiger partial charge on any atom is 0.266 e. The van der Waals surface area contributed by atoms with Gasteiger partial charge in [0, 0.05) is 18.1 Å². The van der Waals surface area contributed by atoms with Gasteiger partial charge in [0.2, 0.25) is 0 Å². The first-order valence-corrected chi connectivity index (χ1v) is 10.9. The van der Waals surface area contributed by atoms with Crippen LogP contribution in [0.1, 0.15) is 40.3 Å². The molecule has 0 saturated carbocycles. The van der Waals surface area contributed by atoms with Crippen LogP contribution in [0.3, 0.4) is 0 Å². The minimum atomic E-state index is -0.578. The van der Waals surface area contributed by atoms with E-state index in [2.05, 4.69) is 15.4 Å².